The predicted molar refractivity (Wildman–Crippen MR) is 81.2 cm³/mol. The van der Waals surface area contributed by atoms with Crippen LogP contribution in [0.25, 0.3) is 0 Å². The standard InChI is InChI=1S/C17H14N2O3/c20-15-16(21)19(14-9-5-2-6-10-14)17(22)18(15)12-11-13-7-3-1-4-8-13/h1-10H,11-12H2. The zero-order valence-corrected chi connectivity index (χ0v) is 11.8. The number of hydrogen-bond donors (Lipinski definition) is 0. The second kappa shape index (κ2) is 5.81. The molecule has 1 saturated heterocycles. The number of anilines is 1. The van der Waals surface area contributed by atoms with Gasteiger partial charge in [-0.25, -0.2) is 9.69 Å². The van der Waals surface area contributed by atoms with Crippen LogP contribution in [0.1, 0.15) is 5.56 Å². The van der Waals surface area contributed by atoms with Crippen molar-refractivity contribution in [3.63, 3.8) is 0 Å². The average Bonchev–Trinajstić information content (AvgIpc) is 2.77. The molecule has 110 valence electrons. The summed E-state index contributed by atoms with van der Waals surface area (Å²) in [7, 11) is 0. The van der Waals surface area contributed by atoms with Crippen LogP contribution < -0.4 is 4.90 Å². The van der Waals surface area contributed by atoms with Gasteiger partial charge in [-0.1, -0.05) is 48.5 Å². The van der Waals surface area contributed by atoms with Crippen molar-refractivity contribution in [1.82, 2.24) is 4.90 Å². The van der Waals surface area contributed by atoms with E-state index in [2.05, 4.69) is 0 Å². The number of urea groups is 1. The average molecular weight is 294 g/mol. The summed E-state index contributed by atoms with van der Waals surface area (Å²) in [5, 5.41) is 0. The minimum absolute atomic E-state index is 0.191. The summed E-state index contributed by atoms with van der Waals surface area (Å²) in [4.78, 5) is 38.4. The number of rotatable bonds is 4. The summed E-state index contributed by atoms with van der Waals surface area (Å²) >= 11 is 0. The van der Waals surface area contributed by atoms with Crippen molar-refractivity contribution < 1.29 is 14.4 Å². The summed E-state index contributed by atoms with van der Waals surface area (Å²) in [6, 6.07) is 17.4. The van der Waals surface area contributed by atoms with E-state index in [0.29, 0.717) is 12.1 Å². The molecule has 0 saturated carbocycles. The number of carbonyl (C=O) groups is 3. The number of imide groups is 2. The molecule has 1 aliphatic rings. The molecule has 0 aliphatic carbocycles. The van der Waals surface area contributed by atoms with E-state index in [1.54, 1.807) is 30.3 Å². The number of para-hydroxylation sites is 1. The SMILES string of the molecule is O=C1C(=O)N(c2ccccc2)C(=O)N1CCc1ccccc1. The Kier molecular flexibility index (Phi) is 3.70. The van der Waals surface area contributed by atoms with Crippen molar-refractivity contribution in [3.8, 4) is 0 Å². The zero-order chi connectivity index (χ0) is 15.5. The van der Waals surface area contributed by atoms with Crippen molar-refractivity contribution in [2.75, 3.05) is 11.4 Å². The third-order valence-electron chi connectivity index (χ3n) is 3.53. The van der Waals surface area contributed by atoms with Gasteiger partial charge in [0.2, 0.25) is 0 Å². The molecule has 22 heavy (non-hydrogen) atoms. The first kappa shape index (κ1) is 14.0. The van der Waals surface area contributed by atoms with E-state index in [1.165, 1.54) is 0 Å². The lowest BCUT2D eigenvalue weighted by Crippen LogP contribution is -2.34. The number of amides is 4. The molecule has 0 N–H and O–H groups in total. The van der Waals surface area contributed by atoms with Crippen LogP contribution in [0.3, 0.4) is 0 Å². The van der Waals surface area contributed by atoms with Crippen LogP contribution in [-0.2, 0) is 16.0 Å². The fourth-order valence-electron chi connectivity index (χ4n) is 2.39. The number of hydrogen-bond acceptors (Lipinski definition) is 3. The minimum atomic E-state index is -0.802. The topological polar surface area (TPSA) is 57.7 Å². The Labute approximate surface area is 127 Å². The van der Waals surface area contributed by atoms with Crippen molar-refractivity contribution in [1.29, 1.82) is 0 Å². The van der Waals surface area contributed by atoms with Gasteiger partial charge in [0.05, 0.1) is 5.69 Å². The van der Waals surface area contributed by atoms with Gasteiger partial charge < -0.3 is 0 Å². The van der Waals surface area contributed by atoms with Crippen molar-refractivity contribution in [2.45, 2.75) is 6.42 Å². The van der Waals surface area contributed by atoms with Crippen molar-refractivity contribution >= 4 is 23.5 Å². The molecule has 2 aromatic rings. The van der Waals surface area contributed by atoms with E-state index in [1.807, 2.05) is 30.3 Å². The van der Waals surface area contributed by atoms with Gasteiger partial charge in [0.1, 0.15) is 0 Å². The predicted octanol–water partition coefficient (Wildman–Crippen LogP) is 2.22. The third-order valence-corrected chi connectivity index (χ3v) is 3.53. The molecule has 0 radical (unpaired) electrons. The second-order valence-electron chi connectivity index (χ2n) is 4.95. The number of carbonyl (C=O) groups excluding carboxylic acids is 3. The van der Waals surface area contributed by atoms with Gasteiger partial charge in [0.15, 0.2) is 0 Å². The Morgan fingerprint density at radius 3 is 1.95 bits per heavy atom. The van der Waals surface area contributed by atoms with E-state index in [-0.39, 0.29) is 6.54 Å². The van der Waals surface area contributed by atoms with Crippen LogP contribution in [0.4, 0.5) is 10.5 Å². The smallest absolute Gasteiger partial charge is 0.263 e. The first-order valence-corrected chi connectivity index (χ1v) is 6.97. The Morgan fingerprint density at radius 1 is 0.727 bits per heavy atom. The molecule has 2 aromatic carbocycles. The molecule has 0 spiro atoms. The Hall–Kier alpha value is -2.95. The minimum Gasteiger partial charge on any atom is -0.263 e. The van der Waals surface area contributed by atoms with Crippen LogP contribution in [0.5, 0.6) is 0 Å². The van der Waals surface area contributed by atoms with Gasteiger partial charge in [0.25, 0.3) is 0 Å². The van der Waals surface area contributed by atoms with Gasteiger partial charge in [-0.05, 0) is 24.1 Å². The van der Waals surface area contributed by atoms with Gasteiger partial charge >= 0.3 is 17.8 Å². The van der Waals surface area contributed by atoms with E-state index in [0.717, 1.165) is 15.4 Å². The molecule has 4 amide bonds. The van der Waals surface area contributed by atoms with Crippen molar-refractivity contribution in [3.05, 3.63) is 66.2 Å². The molecular formula is C17H14N2O3. The van der Waals surface area contributed by atoms with Gasteiger partial charge in [-0.3, -0.25) is 14.5 Å². The molecule has 1 aliphatic heterocycles. The molecule has 5 heteroatoms. The maximum Gasteiger partial charge on any atom is 0.338 e. The quantitative estimate of drug-likeness (QED) is 0.642. The molecule has 0 unspecified atom stereocenters. The highest BCUT2D eigenvalue weighted by atomic mass is 16.2. The van der Waals surface area contributed by atoms with Crippen LogP contribution in [0, 0.1) is 0 Å². The third kappa shape index (κ3) is 2.48. The lowest BCUT2D eigenvalue weighted by Gasteiger charge is -2.15. The summed E-state index contributed by atoms with van der Waals surface area (Å²) in [5.41, 5.74) is 1.42. The molecule has 3 rings (SSSR count). The number of benzene rings is 2. The maximum absolute atomic E-state index is 12.4. The zero-order valence-electron chi connectivity index (χ0n) is 11.8. The normalized spacial score (nSPS) is 14.8. The van der Waals surface area contributed by atoms with E-state index < -0.39 is 17.8 Å². The molecule has 0 atom stereocenters. The molecule has 5 nitrogen and oxygen atoms in total. The lowest BCUT2D eigenvalue weighted by atomic mass is 10.1. The Bertz CT molecular complexity index is 713. The van der Waals surface area contributed by atoms with E-state index >= 15 is 0 Å². The highest BCUT2D eigenvalue weighted by molar-refractivity contribution is 6.52. The first-order chi connectivity index (χ1) is 10.7. The first-order valence-electron chi connectivity index (χ1n) is 6.97. The van der Waals surface area contributed by atoms with Crippen LogP contribution >= 0.6 is 0 Å². The van der Waals surface area contributed by atoms with Gasteiger partial charge in [-0.2, -0.15) is 0 Å². The van der Waals surface area contributed by atoms with Crippen molar-refractivity contribution in [2.24, 2.45) is 0 Å². The maximum atomic E-state index is 12.4. The number of nitrogens with zero attached hydrogens (tertiary/aromatic N) is 2. The van der Waals surface area contributed by atoms with E-state index in [9.17, 15) is 14.4 Å². The summed E-state index contributed by atoms with van der Waals surface area (Å²) < 4.78 is 0. The monoisotopic (exact) mass is 294 g/mol. The fraction of sp³-hybridized carbons (Fsp3) is 0.118. The van der Waals surface area contributed by atoms with Crippen LogP contribution in [0.15, 0.2) is 60.7 Å². The van der Waals surface area contributed by atoms with Gasteiger partial charge in [-0.15, -0.1) is 0 Å². The summed E-state index contributed by atoms with van der Waals surface area (Å²) in [6.07, 6.45) is 0.522. The Morgan fingerprint density at radius 2 is 1.32 bits per heavy atom. The lowest BCUT2D eigenvalue weighted by molar-refractivity contribution is -0.139. The molecule has 1 fully saturated rings. The van der Waals surface area contributed by atoms with Crippen LogP contribution in [-0.4, -0.2) is 29.3 Å². The molecule has 0 bridgehead atoms. The highest BCUT2D eigenvalue weighted by Gasteiger charge is 2.44. The largest absolute Gasteiger partial charge is 0.338 e. The van der Waals surface area contributed by atoms with Gasteiger partial charge in [0, 0.05) is 6.54 Å². The second-order valence-corrected chi connectivity index (χ2v) is 4.95. The van der Waals surface area contributed by atoms with E-state index in [4.69, 9.17) is 0 Å². The summed E-state index contributed by atoms with van der Waals surface area (Å²) in [6.45, 7) is 0.191. The highest BCUT2D eigenvalue weighted by Crippen LogP contribution is 2.21. The molecule has 0 aromatic heterocycles. The fourth-order valence-corrected chi connectivity index (χ4v) is 2.39. The molecular weight excluding hydrogens is 280 g/mol. The van der Waals surface area contributed by atoms with Crippen LogP contribution in [0.2, 0.25) is 0 Å². The molecule has 1 heterocycles. The summed E-state index contributed by atoms with van der Waals surface area (Å²) in [5.74, 6) is -1.57. The Balaban J connectivity index is 1.78.